The molecule has 0 unspecified atom stereocenters. The number of alkyl halides is 3. The fraction of sp³-hybridized carbons (Fsp3) is 0.129. The van der Waals surface area contributed by atoms with Crippen molar-refractivity contribution in [1.82, 2.24) is 0 Å². The van der Waals surface area contributed by atoms with Gasteiger partial charge in [0.05, 0.1) is 5.56 Å². The van der Waals surface area contributed by atoms with Gasteiger partial charge in [0.25, 0.3) is 0 Å². The Morgan fingerprint density at radius 3 is 2.31 bits per heavy atom. The van der Waals surface area contributed by atoms with Crippen molar-refractivity contribution in [2.75, 3.05) is 12.4 Å². The zero-order valence-corrected chi connectivity index (χ0v) is 22.4. The highest BCUT2D eigenvalue weighted by atomic mass is 35.5. The van der Waals surface area contributed by atoms with Crippen molar-refractivity contribution < 1.29 is 27.8 Å². The predicted octanol–water partition coefficient (Wildman–Crippen LogP) is 9.02. The first-order valence-electron chi connectivity index (χ1n) is 11.9. The maximum atomic E-state index is 14.4. The van der Waals surface area contributed by atoms with Crippen LogP contribution in [0.1, 0.15) is 22.3 Å². The molecule has 0 saturated carbocycles. The van der Waals surface area contributed by atoms with E-state index in [0.29, 0.717) is 38.8 Å². The smallest absolute Gasteiger partial charge is 0.417 e. The van der Waals surface area contributed by atoms with Gasteiger partial charge in [-0.1, -0.05) is 72.3 Å². The van der Waals surface area contributed by atoms with Crippen LogP contribution < -0.4 is 4.74 Å². The van der Waals surface area contributed by atoms with Crippen molar-refractivity contribution in [2.24, 2.45) is 0 Å². The van der Waals surface area contributed by atoms with Gasteiger partial charge in [0.2, 0.25) is 0 Å². The Balaban J connectivity index is 1.69. The number of hydrogen-bond donors (Lipinski definition) is 1. The number of aliphatic carboxylic acids is 1. The third-order valence-electron chi connectivity index (χ3n) is 5.91. The lowest BCUT2D eigenvalue weighted by atomic mass is 9.91. The molecule has 0 aliphatic carbocycles. The number of benzene rings is 4. The van der Waals surface area contributed by atoms with Gasteiger partial charge in [-0.05, 0) is 76.7 Å². The highest BCUT2D eigenvalue weighted by Gasteiger charge is 2.34. The first-order valence-corrected chi connectivity index (χ1v) is 13.3. The van der Waals surface area contributed by atoms with Crippen LogP contribution in [0.3, 0.4) is 0 Å². The van der Waals surface area contributed by atoms with Gasteiger partial charge in [0.15, 0.2) is 6.61 Å². The standard InChI is InChI=1S/C31H24ClF3O3S/c1-20-17-25(12-14-29(20)38-19-30(36)37)39-16-15-26(22-7-10-24(32)11-8-22)27-13-9-23(18-28(27)31(33,34)35)21-5-3-2-4-6-21/h2-15,17-18H,16,19H2,1H3,(H,36,37)/b26-15+. The topological polar surface area (TPSA) is 46.5 Å². The molecule has 8 heteroatoms. The molecule has 0 aliphatic rings. The van der Waals surface area contributed by atoms with Crippen molar-refractivity contribution in [3.8, 4) is 16.9 Å². The van der Waals surface area contributed by atoms with Gasteiger partial charge in [-0.2, -0.15) is 13.2 Å². The van der Waals surface area contributed by atoms with Crippen LogP contribution >= 0.6 is 23.4 Å². The third kappa shape index (κ3) is 7.46. The Hall–Kier alpha value is -3.68. The molecule has 0 bridgehead atoms. The molecule has 0 aliphatic heterocycles. The van der Waals surface area contributed by atoms with E-state index in [4.69, 9.17) is 21.4 Å². The summed E-state index contributed by atoms with van der Waals surface area (Å²) in [4.78, 5) is 11.6. The van der Waals surface area contributed by atoms with E-state index in [1.807, 2.05) is 12.1 Å². The number of carboxylic acid groups (broad SMARTS) is 1. The Bertz CT molecular complexity index is 1480. The summed E-state index contributed by atoms with van der Waals surface area (Å²) in [5, 5.41) is 9.31. The Morgan fingerprint density at radius 2 is 1.67 bits per heavy atom. The van der Waals surface area contributed by atoms with E-state index in [0.717, 1.165) is 10.5 Å². The van der Waals surface area contributed by atoms with Crippen molar-refractivity contribution in [1.29, 1.82) is 0 Å². The van der Waals surface area contributed by atoms with Gasteiger partial charge in [0, 0.05) is 15.7 Å². The summed E-state index contributed by atoms with van der Waals surface area (Å²) >= 11 is 7.51. The summed E-state index contributed by atoms with van der Waals surface area (Å²) in [5.74, 6) is -0.208. The highest BCUT2D eigenvalue weighted by Crippen LogP contribution is 2.40. The number of ether oxygens (including phenoxy) is 1. The summed E-state index contributed by atoms with van der Waals surface area (Å²) in [6.45, 7) is 1.37. The van der Waals surface area contributed by atoms with Crippen molar-refractivity contribution in [3.05, 3.63) is 124 Å². The van der Waals surface area contributed by atoms with Crippen LogP contribution in [0.25, 0.3) is 16.7 Å². The highest BCUT2D eigenvalue weighted by molar-refractivity contribution is 7.99. The molecular formula is C31H24ClF3O3S. The van der Waals surface area contributed by atoms with E-state index in [-0.39, 0.29) is 5.56 Å². The van der Waals surface area contributed by atoms with Crippen LogP contribution in [0.15, 0.2) is 102 Å². The molecule has 0 heterocycles. The fourth-order valence-electron chi connectivity index (χ4n) is 4.07. The molecule has 0 radical (unpaired) electrons. The zero-order chi connectivity index (χ0) is 28.0. The summed E-state index contributed by atoms with van der Waals surface area (Å²) < 4.78 is 48.4. The maximum Gasteiger partial charge on any atom is 0.417 e. The molecule has 4 rings (SSSR count). The van der Waals surface area contributed by atoms with E-state index in [2.05, 4.69) is 0 Å². The van der Waals surface area contributed by atoms with Crippen LogP contribution in [0, 0.1) is 6.92 Å². The number of aryl methyl sites for hydroxylation is 1. The van der Waals surface area contributed by atoms with Crippen LogP contribution in [-0.4, -0.2) is 23.4 Å². The third-order valence-corrected chi connectivity index (χ3v) is 7.09. The number of halogens is 4. The second kappa shape index (κ2) is 12.5. The molecule has 200 valence electrons. The monoisotopic (exact) mass is 568 g/mol. The Morgan fingerprint density at radius 1 is 0.949 bits per heavy atom. The molecule has 39 heavy (non-hydrogen) atoms. The summed E-state index contributed by atoms with van der Waals surface area (Å²) in [7, 11) is 0. The van der Waals surface area contributed by atoms with Crippen LogP contribution in [0.5, 0.6) is 5.75 Å². The lowest BCUT2D eigenvalue weighted by Gasteiger charge is -2.18. The minimum absolute atomic E-state index is 0.0821. The molecule has 0 saturated heterocycles. The second-order valence-electron chi connectivity index (χ2n) is 8.67. The number of rotatable bonds is 9. The molecule has 1 N–H and O–H groups in total. The fourth-order valence-corrected chi connectivity index (χ4v) is 5.06. The summed E-state index contributed by atoms with van der Waals surface area (Å²) in [6, 6.07) is 25.5. The SMILES string of the molecule is Cc1cc(SC/C=C(\c2ccc(Cl)cc2)c2ccc(-c3ccccc3)cc2C(F)(F)F)ccc1OCC(=O)O. The molecular weight excluding hydrogens is 545 g/mol. The number of carboxylic acids is 1. The zero-order valence-electron chi connectivity index (χ0n) is 20.8. The molecule has 0 spiro atoms. The van der Waals surface area contributed by atoms with Crippen LogP contribution in [-0.2, 0) is 11.0 Å². The second-order valence-corrected chi connectivity index (χ2v) is 10.2. The number of carbonyl (C=O) groups is 1. The van der Waals surface area contributed by atoms with Gasteiger partial charge in [-0.3, -0.25) is 0 Å². The predicted molar refractivity (Wildman–Crippen MR) is 150 cm³/mol. The first-order chi connectivity index (χ1) is 18.6. The molecule has 3 nitrogen and oxygen atoms in total. The van der Waals surface area contributed by atoms with E-state index >= 15 is 0 Å². The van der Waals surface area contributed by atoms with Gasteiger partial charge in [-0.25, -0.2) is 4.79 Å². The van der Waals surface area contributed by atoms with Gasteiger partial charge in [0.1, 0.15) is 5.75 Å². The number of thioether (sulfide) groups is 1. The van der Waals surface area contributed by atoms with E-state index in [9.17, 15) is 18.0 Å². The molecule has 4 aromatic rings. The Labute approximate surface area is 233 Å². The first kappa shape index (κ1) is 28.3. The Kier molecular flexibility index (Phi) is 9.04. The average molecular weight is 569 g/mol. The van der Waals surface area contributed by atoms with Crippen LogP contribution in [0.4, 0.5) is 13.2 Å². The van der Waals surface area contributed by atoms with E-state index in [1.165, 1.54) is 23.9 Å². The largest absolute Gasteiger partial charge is 0.482 e. The lowest BCUT2D eigenvalue weighted by molar-refractivity contribution is -0.139. The minimum atomic E-state index is -4.57. The van der Waals surface area contributed by atoms with E-state index < -0.39 is 24.3 Å². The summed E-state index contributed by atoms with van der Waals surface area (Å²) in [6.07, 6.45) is -2.79. The van der Waals surface area contributed by atoms with Gasteiger partial charge >= 0.3 is 12.1 Å². The van der Waals surface area contributed by atoms with Crippen molar-refractivity contribution >= 4 is 34.9 Å². The van der Waals surface area contributed by atoms with Crippen LogP contribution in [0.2, 0.25) is 5.02 Å². The molecule has 0 amide bonds. The maximum absolute atomic E-state index is 14.4. The lowest BCUT2D eigenvalue weighted by Crippen LogP contribution is -2.10. The minimum Gasteiger partial charge on any atom is -0.482 e. The van der Waals surface area contributed by atoms with Crippen molar-refractivity contribution in [2.45, 2.75) is 18.0 Å². The molecule has 4 aromatic carbocycles. The average Bonchev–Trinajstić information content (AvgIpc) is 2.91. The normalized spacial score (nSPS) is 11.9. The molecule has 0 aromatic heterocycles. The molecule has 0 atom stereocenters. The number of hydrogen-bond acceptors (Lipinski definition) is 3. The summed E-state index contributed by atoms with van der Waals surface area (Å²) in [5.41, 5.74) is 2.38. The molecule has 0 fully saturated rings. The van der Waals surface area contributed by atoms with Gasteiger partial charge in [-0.15, -0.1) is 11.8 Å². The quantitative estimate of drug-likeness (QED) is 0.205. The van der Waals surface area contributed by atoms with Crippen molar-refractivity contribution in [3.63, 3.8) is 0 Å². The van der Waals surface area contributed by atoms with E-state index in [1.54, 1.807) is 79.7 Å². The van der Waals surface area contributed by atoms with Gasteiger partial charge < -0.3 is 9.84 Å².